The highest BCUT2D eigenvalue weighted by atomic mass is 16.3. The fourth-order valence-electron chi connectivity index (χ4n) is 1.64. The highest BCUT2D eigenvalue weighted by Gasteiger charge is 2.02. The monoisotopic (exact) mass is 210 g/mol. The van der Waals surface area contributed by atoms with E-state index in [2.05, 4.69) is 18.7 Å². The molecule has 2 rings (SSSR count). The Morgan fingerprint density at radius 2 is 1.44 bits per heavy atom. The Morgan fingerprint density at radius 1 is 0.875 bits per heavy atom. The van der Waals surface area contributed by atoms with Gasteiger partial charge >= 0.3 is 0 Å². The number of hydrogen-bond donors (Lipinski definition) is 1. The molecule has 1 heteroatoms. The van der Waals surface area contributed by atoms with Crippen molar-refractivity contribution in [1.29, 1.82) is 0 Å². The molecule has 0 aliphatic carbocycles. The van der Waals surface area contributed by atoms with Gasteiger partial charge in [-0.2, -0.15) is 0 Å². The average Bonchev–Trinajstić information content (AvgIpc) is 2.39. The molecule has 16 heavy (non-hydrogen) atoms. The second kappa shape index (κ2) is 4.77. The minimum Gasteiger partial charge on any atom is -0.384 e. The molecule has 2 aromatic carbocycles. The van der Waals surface area contributed by atoms with Crippen molar-refractivity contribution in [3.63, 3.8) is 0 Å². The van der Waals surface area contributed by atoms with Crippen LogP contribution in [-0.4, -0.2) is 5.11 Å². The predicted octanol–water partition coefficient (Wildman–Crippen LogP) is 3.57. The molecule has 0 fully saturated rings. The van der Waals surface area contributed by atoms with E-state index in [1.807, 2.05) is 42.5 Å². The van der Waals surface area contributed by atoms with Gasteiger partial charge in [0, 0.05) is 0 Å². The van der Waals surface area contributed by atoms with Gasteiger partial charge < -0.3 is 5.11 Å². The lowest BCUT2D eigenvalue weighted by Crippen LogP contribution is -1.91. The molecule has 0 aliphatic heterocycles. The quantitative estimate of drug-likeness (QED) is 0.768. The van der Waals surface area contributed by atoms with Gasteiger partial charge in [0.2, 0.25) is 0 Å². The van der Waals surface area contributed by atoms with E-state index >= 15 is 0 Å². The number of aliphatic hydroxyl groups excluding tert-OH is 1. The predicted molar refractivity (Wildman–Crippen MR) is 67.0 cm³/mol. The molecule has 0 heterocycles. The second-order valence-corrected chi connectivity index (χ2v) is 3.67. The molecule has 0 saturated carbocycles. The van der Waals surface area contributed by atoms with E-state index in [4.69, 9.17) is 0 Å². The fraction of sp³-hybridized carbons (Fsp3) is 0.0667. The molecule has 0 aliphatic rings. The van der Waals surface area contributed by atoms with Crippen molar-refractivity contribution < 1.29 is 5.11 Å². The largest absolute Gasteiger partial charge is 0.384 e. The average molecular weight is 210 g/mol. The number of hydrogen-bond acceptors (Lipinski definition) is 1. The Morgan fingerprint density at radius 3 is 2.00 bits per heavy atom. The summed E-state index contributed by atoms with van der Waals surface area (Å²) in [7, 11) is 0. The van der Waals surface area contributed by atoms with E-state index in [9.17, 15) is 5.11 Å². The van der Waals surface area contributed by atoms with Gasteiger partial charge in [0.25, 0.3) is 0 Å². The molecular formula is C15H14O. The Bertz CT molecular complexity index is 457. The Labute approximate surface area is 95.7 Å². The molecule has 1 N–H and O–H groups in total. The van der Waals surface area contributed by atoms with Gasteiger partial charge in [-0.15, -0.1) is 6.58 Å². The summed E-state index contributed by atoms with van der Waals surface area (Å²) < 4.78 is 0. The molecule has 1 nitrogen and oxygen atoms in total. The summed E-state index contributed by atoms with van der Waals surface area (Å²) in [4.78, 5) is 0. The molecular weight excluding hydrogens is 196 g/mol. The summed E-state index contributed by atoms with van der Waals surface area (Å²) in [6.45, 7) is 3.57. The van der Waals surface area contributed by atoms with Gasteiger partial charge in [-0.3, -0.25) is 0 Å². The molecule has 0 radical (unpaired) electrons. The summed E-state index contributed by atoms with van der Waals surface area (Å²) in [5, 5.41) is 9.57. The first kappa shape index (κ1) is 10.7. The zero-order valence-electron chi connectivity index (χ0n) is 9.01. The van der Waals surface area contributed by atoms with E-state index in [0.29, 0.717) is 0 Å². The molecule has 1 unspecified atom stereocenters. The zero-order valence-corrected chi connectivity index (χ0v) is 9.01. The van der Waals surface area contributed by atoms with E-state index in [0.717, 1.165) is 11.1 Å². The molecule has 1 atom stereocenters. The third-order valence-electron chi connectivity index (χ3n) is 2.58. The second-order valence-electron chi connectivity index (χ2n) is 3.67. The highest BCUT2D eigenvalue weighted by Crippen LogP contribution is 2.21. The number of rotatable bonds is 3. The number of benzene rings is 2. The summed E-state index contributed by atoms with van der Waals surface area (Å²) >= 11 is 0. The molecule has 0 bridgehead atoms. The van der Waals surface area contributed by atoms with Crippen LogP contribution in [0.4, 0.5) is 0 Å². The SMILES string of the molecule is C=CC(O)c1ccc(-c2ccccc2)cc1. The first-order valence-electron chi connectivity index (χ1n) is 5.27. The minimum atomic E-state index is -0.579. The summed E-state index contributed by atoms with van der Waals surface area (Å²) in [5.41, 5.74) is 3.21. The standard InChI is InChI=1S/C15H14O/c1-2-15(16)14-10-8-13(9-11-14)12-6-4-3-5-7-12/h2-11,15-16H,1H2. The minimum absolute atomic E-state index is 0.579. The zero-order chi connectivity index (χ0) is 11.4. The van der Waals surface area contributed by atoms with Crippen LogP contribution in [0.25, 0.3) is 11.1 Å². The van der Waals surface area contributed by atoms with E-state index in [1.54, 1.807) is 0 Å². The highest BCUT2D eigenvalue weighted by molar-refractivity contribution is 5.63. The van der Waals surface area contributed by atoms with Gasteiger partial charge in [-0.25, -0.2) is 0 Å². The maximum Gasteiger partial charge on any atom is 0.0969 e. The number of aliphatic hydroxyl groups is 1. The van der Waals surface area contributed by atoms with Crippen LogP contribution in [0.1, 0.15) is 11.7 Å². The lowest BCUT2D eigenvalue weighted by atomic mass is 10.0. The molecule has 0 amide bonds. The first-order valence-corrected chi connectivity index (χ1v) is 5.27. The van der Waals surface area contributed by atoms with Crippen LogP contribution in [0.5, 0.6) is 0 Å². The summed E-state index contributed by atoms with van der Waals surface area (Å²) in [6, 6.07) is 18.0. The van der Waals surface area contributed by atoms with Crippen molar-refractivity contribution >= 4 is 0 Å². The maximum atomic E-state index is 9.57. The van der Waals surface area contributed by atoms with Crippen molar-refractivity contribution in [3.8, 4) is 11.1 Å². The Balaban J connectivity index is 2.30. The Hall–Kier alpha value is -1.86. The van der Waals surface area contributed by atoms with Gasteiger partial charge in [0.05, 0.1) is 6.10 Å². The van der Waals surface area contributed by atoms with Crippen LogP contribution in [0.2, 0.25) is 0 Å². The van der Waals surface area contributed by atoms with Crippen LogP contribution < -0.4 is 0 Å². The first-order chi connectivity index (χ1) is 7.81. The third kappa shape index (κ3) is 2.20. The molecule has 80 valence electrons. The van der Waals surface area contributed by atoms with Crippen LogP contribution >= 0.6 is 0 Å². The Kier molecular flexibility index (Phi) is 3.18. The smallest absolute Gasteiger partial charge is 0.0969 e. The van der Waals surface area contributed by atoms with Crippen molar-refractivity contribution in [2.24, 2.45) is 0 Å². The summed E-state index contributed by atoms with van der Waals surface area (Å²) in [6.07, 6.45) is 0.946. The van der Waals surface area contributed by atoms with Crippen LogP contribution in [0.3, 0.4) is 0 Å². The van der Waals surface area contributed by atoms with Gasteiger partial charge in [-0.05, 0) is 16.7 Å². The van der Waals surface area contributed by atoms with Crippen LogP contribution in [0, 0.1) is 0 Å². The fourth-order valence-corrected chi connectivity index (χ4v) is 1.64. The lowest BCUT2D eigenvalue weighted by molar-refractivity contribution is 0.229. The van der Waals surface area contributed by atoms with Crippen molar-refractivity contribution in [2.45, 2.75) is 6.10 Å². The van der Waals surface area contributed by atoms with E-state index < -0.39 is 6.10 Å². The van der Waals surface area contributed by atoms with Crippen LogP contribution in [0.15, 0.2) is 67.3 Å². The molecule has 0 spiro atoms. The normalized spacial score (nSPS) is 12.1. The van der Waals surface area contributed by atoms with E-state index in [-0.39, 0.29) is 0 Å². The topological polar surface area (TPSA) is 20.2 Å². The van der Waals surface area contributed by atoms with Gasteiger partial charge in [0.1, 0.15) is 0 Å². The van der Waals surface area contributed by atoms with Crippen LogP contribution in [-0.2, 0) is 0 Å². The lowest BCUT2D eigenvalue weighted by Gasteiger charge is -2.07. The van der Waals surface area contributed by atoms with Gasteiger partial charge in [-0.1, -0.05) is 60.7 Å². The molecule has 0 saturated heterocycles. The van der Waals surface area contributed by atoms with Gasteiger partial charge in [0.15, 0.2) is 0 Å². The van der Waals surface area contributed by atoms with E-state index in [1.165, 1.54) is 11.6 Å². The van der Waals surface area contributed by atoms with Crippen molar-refractivity contribution in [3.05, 3.63) is 72.8 Å². The van der Waals surface area contributed by atoms with Crippen molar-refractivity contribution in [2.75, 3.05) is 0 Å². The molecule has 2 aromatic rings. The maximum absolute atomic E-state index is 9.57. The summed E-state index contributed by atoms with van der Waals surface area (Å²) in [5.74, 6) is 0. The molecule has 0 aromatic heterocycles. The van der Waals surface area contributed by atoms with Crippen molar-refractivity contribution in [1.82, 2.24) is 0 Å². The third-order valence-corrected chi connectivity index (χ3v) is 2.58.